The summed E-state index contributed by atoms with van der Waals surface area (Å²) in [7, 11) is 1.30. The highest BCUT2D eigenvalue weighted by Gasteiger charge is 2.26. The number of benzene rings is 1. The highest BCUT2D eigenvalue weighted by Crippen LogP contribution is 2.36. The topological polar surface area (TPSA) is 102 Å². The predicted octanol–water partition coefficient (Wildman–Crippen LogP) is 2.98. The number of hydrogen-bond acceptors (Lipinski definition) is 7. The summed E-state index contributed by atoms with van der Waals surface area (Å²) in [6.45, 7) is 3.44. The van der Waals surface area contributed by atoms with Crippen molar-refractivity contribution in [3.05, 3.63) is 35.4 Å². The van der Waals surface area contributed by atoms with Gasteiger partial charge in [0.2, 0.25) is 0 Å². The number of methoxy groups -OCH3 is 1. The van der Waals surface area contributed by atoms with Crippen LogP contribution in [0.2, 0.25) is 0 Å². The van der Waals surface area contributed by atoms with Crippen LogP contribution in [0.5, 0.6) is 0 Å². The molecule has 1 unspecified atom stereocenters. The molecule has 0 spiro atoms. The minimum absolute atomic E-state index is 0.0453. The summed E-state index contributed by atoms with van der Waals surface area (Å²) in [4.78, 5) is 23.4. The van der Waals surface area contributed by atoms with Gasteiger partial charge in [-0.2, -0.15) is 0 Å². The number of esters is 2. The Hall–Kier alpha value is -1.96. The summed E-state index contributed by atoms with van der Waals surface area (Å²) in [5, 5.41) is 18.4. The van der Waals surface area contributed by atoms with Gasteiger partial charge in [-0.15, -0.1) is 0 Å². The van der Waals surface area contributed by atoms with E-state index in [-0.39, 0.29) is 25.2 Å². The van der Waals surface area contributed by atoms with E-state index < -0.39 is 11.9 Å². The molecule has 0 aliphatic heterocycles. The first kappa shape index (κ1) is 25.1. The van der Waals surface area contributed by atoms with E-state index in [1.165, 1.54) is 31.4 Å². The van der Waals surface area contributed by atoms with Gasteiger partial charge in [0.25, 0.3) is 0 Å². The molecule has 1 aromatic carbocycles. The Morgan fingerprint density at radius 2 is 1.48 bits per heavy atom. The van der Waals surface area contributed by atoms with E-state index in [1.54, 1.807) is 0 Å². The van der Waals surface area contributed by atoms with Gasteiger partial charge in [0.1, 0.15) is 6.61 Å². The average molecular weight is 411 g/mol. The summed E-state index contributed by atoms with van der Waals surface area (Å²) in [5.41, 5.74) is 0.776. The SMILES string of the molecule is CCC(CCO)(CCCO)CCCOCCOC(=O)c1ccc(C(=O)OC)cc1. The Kier molecular flexibility index (Phi) is 12.2. The zero-order valence-corrected chi connectivity index (χ0v) is 17.5. The minimum atomic E-state index is -0.470. The van der Waals surface area contributed by atoms with Crippen molar-refractivity contribution in [2.24, 2.45) is 5.41 Å². The number of ether oxygens (including phenoxy) is 3. The molecule has 0 heterocycles. The maximum Gasteiger partial charge on any atom is 0.338 e. The predicted molar refractivity (Wildman–Crippen MR) is 109 cm³/mol. The highest BCUT2D eigenvalue weighted by atomic mass is 16.6. The summed E-state index contributed by atoms with van der Waals surface area (Å²) in [5.74, 6) is -0.928. The second-order valence-electron chi connectivity index (χ2n) is 7.08. The van der Waals surface area contributed by atoms with Crippen LogP contribution in [-0.2, 0) is 14.2 Å². The normalized spacial score (nSPS) is 13.0. The van der Waals surface area contributed by atoms with Crippen molar-refractivity contribution < 1.29 is 34.0 Å². The quantitative estimate of drug-likeness (QED) is 0.338. The van der Waals surface area contributed by atoms with Crippen LogP contribution < -0.4 is 0 Å². The van der Waals surface area contributed by atoms with E-state index in [1.807, 2.05) is 0 Å². The molecule has 1 atom stereocenters. The van der Waals surface area contributed by atoms with Crippen LogP contribution in [0.3, 0.4) is 0 Å². The molecular formula is C22H34O7. The van der Waals surface area contributed by atoms with Crippen LogP contribution in [0, 0.1) is 5.41 Å². The molecule has 0 aromatic heterocycles. The maximum absolute atomic E-state index is 12.0. The lowest BCUT2D eigenvalue weighted by molar-refractivity contribution is 0.0290. The molecule has 0 radical (unpaired) electrons. The van der Waals surface area contributed by atoms with Crippen LogP contribution >= 0.6 is 0 Å². The van der Waals surface area contributed by atoms with Crippen molar-refractivity contribution in [1.29, 1.82) is 0 Å². The van der Waals surface area contributed by atoms with Crippen LogP contribution in [0.15, 0.2) is 24.3 Å². The van der Waals surface area contributed by atoms with Crippen molar-refractivity contribution in [2.45, 2.75) is 45.4 Å². The van der Waals surface area contributed by atoms with Gasteiger partial charge in [-0.1, -0.05) is 13.3 Å². The molecule has 0 aliphatic rings. The van der Waals surface area contributed by atoms with Crippen LogP contribution in [-0.4, -0.2) is 62.3 Å². The Balaban J connectivity index is 2.27. The molecule has 2 N–H and O–H groups in total. The van der Waals surface area contributed by atoms with Crippen LogP contribution in [0.4, 0.5) is 0 Å². The van der Waals surface area contributed by atoms with Gasteiger partial charge in [-0.25, -0.2) is 9.59 Å². The Morgan fingerprint density at radius 1 is 0.862 bits per heavy atom. The van der Waals surface area contributed by atoms with Gasteiger partial charge in [-0.05, 0) is 61.8 Å². The van der Waals surface area contributed by atoms with Gasteiger partial charge in [0.15, 0.2) is 0 Å². The fourth-order valence-electron chi connectivity index (χ4n) is 3.38. The lowest BCUT2D eigenvalue weighted by Gasteiger charge is -2.32. The Labute approximate surface area is 173 Å². The molecule has 0 amide bonds. The number of aliphatic hydroxyl groups excluding tert-OH is 2. The first-order valence-electron chi connectivity index (χ1n) is 10.2. The average Bonchev–Trinajstić information content (AvgIpc) is 2.76. The molecule has 164 valence electrons. The number of hydrogen-bond donors (Lipinski definition) is 2. The summed E-state index contributed by atoms with van der Waals surface area (Å²) in [6, 6.07) is 6.07. The van der Waals surface area contributed by atoms with Gasteiger partial charge >= 0.3 is 11.9 Å². The van der Waals surface area contributed by atoms with Gasteiger partial charge in [-0.3, -0.25) is 0 Å². The van der Waals surface area contributed by atoms with Crippen LogP contribution in [0.1, 0.15) is 66.2 Å². The molecule has 0 bridgehead atoms. The zero-order valence-electron chi connectivity index (χ0n) is 17.5. The molecular weight excluding hydrogens is 376 g/mol. The fourth-order valence-corrected chi connectivity index (χ4v) is 3.38. The largest absolute Gasteiger partial charge is 0.465 e. The van der Waals surface area contributed by atoms with Gasteiger partial charge in [0.05, 0.1) is 24.8 Å². The third-order valence-corrected chi connectivity index (χ3v) is 5.26. The van der Waals surface area contributed by atoms with E-state index in [0.29, 0.717) is 24.3 Å². The zero-order chi connectivity index (χ0) is 21.5. The molecule has 0 aliphatic carbocycles. The molecule has 7 heteroatoms. The first-order chi connectivity index (χ1) is 14.0. The summed E-state index contributed by atoms with van der Waals surface area (Å²) >= 11 is 0. The van der Waals surface area contributed by atoms with Crippen molar-refractivity contribution in [1.82, 2.24) is 0 Å². The molecule has 1 aromatic rings. The maximum atomic E-state index is 12.0. The van der Waals surface area contributed by atoms with E-state index in [4.69, 9.17) is 14.6 Å². The Bertz CT molecular complexity index is 600. The third-order valence-electron chi connectivity index (χ3n) is 5.26. The molecule has 1 rings (SSSR count). The summed E-state index contributed by atoms with van der Waals surface area (Å²) in [6.07, 6.45) is 5.10. The van der Waals surface area contributed by atoms with Crippen molar-refractivity contribution >= 4 is 11.9 Å². The molecule has 7 nitrogen and oxygen atoms in total. The second kappa shape index (κ2) is 14.1. The smallest absolute Gasteiger partial charge is 0.338 e. The number of carbonyl (C=O) groups excluding carboxylic acids is 2. The van der Waals surface area contributed by atoms with E-state index in [2.05, 4.69) is 11.7 Å². The molecule has 0 fully saturated rings. The van der Waals surface area contributed by atoms with Crippen LogP contribution in [0.25, 0.3) is 0 Å². The Morgan fingerprint density at radius 3 is 2.03 bits per heavy atom. The first-order valence-corrected chi connectivity index (χ1v) is 10.2. The highest BCUT2D eigenvalue weighted by molar-refractivity contribution is 5.93. The monoisotopic (exact) mass is 410 g/mol. The number of rotatable bonds is 15. The van der Waals surface area contributed by atoms with Crippen molar-refractivity contribution in [2.75, 3.05) is 40.1 Å². The lowest BCUT2D eigenvalue weighted by atomic mass is 9.74. The van der Waals surface area contributed by atoms with E-state index >= 15 is 0 Å². The molecule has 0 saturated carbocycles. The second-order valence-corrected chi connectivity index (χ2v) is 7.08. The minimum Gasteiger partial charge on any atom is -0.465 e. The molecule has 0 saturated heterocycles. The van der Waals surface area contributed by atoms with Gasteiger partial charge in [0, 0.05) is 19.8 Å². The third kappa shape index (κ3) is 8.94. The van der Waals surface area contributed by atoms with E-state index in [9.17, 15) is 14.7 Å². The van der Waals surface area contributed by atoms with Crippen molar-refractivity contribution in [3.8, 4) is 0 Å². The van der Waals surface area contributed by atoms with Gasteiger partial charge < -0.3 is 24.4 Å². The fraction of sp³-hybridized carbons (Fsp3) is 0.636. The lowest BCUT2D eigenvalue weighted by Crippen LogP contribution is -2.23. The van der Waals surface area contributed by atoms with E-state index in [0.717, 1.165) is 38.5 Å². The standard InChI is InChI=1S/C22H34O7/c1-3-22(12-14-24,10-4-13-23)11-5-15-28-16-17-29-21(26)19-8-6-18(7-9-19)20(25)27-2/h6-9,23-24H,3-5,10-17H2,1-2H3. The molecule has 29 heavy (non-hydrogen) atoms. The summed E-state index contributed by atoms with van der Waals surface area (Å²) < 4.78 is 15.3. The number of aliphatic hydroxyl groups is 2. The van der Waals surface area contributed by atoms with Crippen molar-refractivity contribution in [3.63, 3.8) is 0 Å². The number of carbonyl (C=O) groups is 2.